The quantitative estimate of drug-likeness (QED) is 0.785. The van der Waals surface area contributed by atoms with Crippen molar-refractivity contribution in [2.45, 2.75) is 13.0 Å². The second kappa shape index (κ2) is 6.58. The van der Waals surface area contributed by atoms with Gasteiger partial charge in [-0.1, -0.05) is 6.07 Å². The van der Waals surface area contributed by atoms with Gasteiger partial charge < -0.3 is 25.2 Å². The van der Waals surface area contributed by atoms with E-state index < -0.39 is 0 Å². The van der Waals surface area contributed by atoms with Crippen molar-refractivity contribution in [2.24, 2.45) is 0 Å². The molecule has 1 atom stereocenters. The van der Waals surface area contributed by atoms with E-state index in [1.54, 1.807) is 23.1 Å². The highest BCUT2D eigenvalue weighted by atomic mass is 16.5. The number of carbonyl (C=O) groups is 1. The number of nitrogens with two attached hydrogens (primary N) is 1. The molecule has 6 heteroatoms. The molecule has 20 heavy (non-hydrogen) atoms. The van der Waals surface area contributed by atoms with Crippen molar-refractivity contribution in [3.63, 3.8) is 0 Å². The number of carbonyl (C=O) groups excluding carboxylic acids is 1. The highest BCUT2D eigenvalue weighted by Crippen LogP contribution is 2.28. The lowest BCUT2D eigenvalue weighted by molar-refractivity contribution is -0.0185. The third kappa shape index (κ3) is 2.86. The molecule has 2 rings (SSSR count). The molecule has 0 saturated carbocycles. The first-order valence-corrected chi connectivity index (χ1v) is 6.69. The van der Waals surface area contributed by atoms with Gasteiger partial charge in [-0.25, -0.2) is 0 Å². The van der Waals surface area contributed by atoms with E-state index in [2.05, 4.69) is 0 Å². The van der Waals surface area contributed by atoms with Gasteiger partial charge in [-0.05, 0) is 19.1 Å². The SMILES string of the molecule is CCOc1c(N)cccc1C(=O)N1CCOCC1CO. The second-order valence-corrected chi connectivity index (χ2v) is 4.57. The number of para-hydroxylation sites is 1. The van der Waals surface area contributed by atoms with Gasteiger partial charge in [-0.3, -0.25) is 4.79 Å². The van der Waals surface area contributed by atoms with Gasteiger partial charge in [-0.2, -0.15) is 0 Å². The summed E-state index contributed by atoms with van der Waals surface area (Å²) in [6, 6.07) is 4.78. The first kappa shape index (κ1) is 14.6. The Morgan fingerprint density at radius 2 is 2.40 bits per heavy atom. The summed E-state index contributed by atoms with van der Waals surface area (Å²) in [6.45, 7) is 3.40. The Morgan fingerprint density at radius 3 is 3.10 bits per heavy atom. The summed E-state index contributed by atoms with van der Waals surface area (Å²) in [5.41, 5.74) is 6.73. The van der Waals surface area contributed by atoms with E-state index in [-0.39, 0.29) is 18.6 Å². The van der Waals surface area contributed by atoms with Crippen molar-refractivity contribution in [2.75, 3.05) is 38.7 Å². The number of benzene rings is 1. The minimum atomic E-state index is -0.327. The average molecular weight is 280 g/mol. The Bertz CT molecular complexity index is 478. The van der Waals surface area contributed by atoms with Crippen LogP contribution in [0, 0.1) is 0 Å². The second-order valence-electron chi connectivity index (χ2n) is 4.57. The number of hydrogen-bond acceptors (Lipinski definition) is 5. The molecule has 1 aromatic rings. The van der Waals surface area contributed by atoms with Gasteiger partial charge in [0.1, 0.15) is 0 Å². The Hall–Kier alpha value is -1.79. The topological polar surface area (TPSA) is 85.0 Å². The lowest BCUT2D eigenvalue weighted by Gasteiger charge is -2.34. The Kier molecular flexibility index (Phi) is 4.81. The van der Waals surface area contributed by atoms with Crippen LogP contribution in [0.3, 0.4) is 0 Å². The fraction of sp³-hybridized carbons (Fsp3) is 0.500. The van der Waals surface area contributed by atoms with Crippen LogP contribution in [-0.4, -0.2) is 54.9 Å². The Labute approximate surface area is 118 Å². The third-order valence-corrected chi connectivity index (χ3v) is 3.26. The van der Waals surface area contributed by atoms with E-state index in [0.29, 0.717) is 43.4 Å². The fourth-order valence-electron chi connectivity index (χ4n) is 2.26. The molecule has 1 aliphatic rings. The van der Waals surface area contributed by atoms with Crippen LogP contribution in [0.4, 0.5) is 5.69 Å². The minimum absolute atomic E-state index is 0.127. The predicted molar refractivity (Wildman–Crippen MR) is 74.8 cm³/mol. The van der Waals surface area contributed by atoms with Crippen molar-refractivity contribution >= 4 is 11.6 Å². The molecule has 0 bridgehead atoms. The van der Waals surface area contributed by atoms with Crippen LogP contribution >= 0.6 is 0 Å². The molecule has 1 saturated heterocycles. The Balaban J connectivity index is 2.30. The van der Waals surface area contributed by atoms with Gasteiger partial charge in [0.05, 0.1) is 43.7 Å². The van der Waals surface area contributed by atoms with Gasteiger partial charge in [0.2, 0.25) is 0 Å². The van der Waals surface area contributed by atoms with Gasteiger partial charge in [0.15, 0.2) is 5.75 Å². The van der Waals surface area contributed by atoms with E-state index in [9.17, 15) is 9.90 Å². The van der Waals surface area contributed by atoms with Crippen molar-refractivity contribution in [3.8, 4) is 5.75 Å². The lowest BCUT2D eigenvalue weighted by atomic mass is 10.1. The molecule has 3 N–H and O–H groups in total. The monoisotopic (exact) mass is 280 g/mol. The molecule has 1 heterocycles. The van der Waals surface area contributed by atoms with Gasteiger partial charge in [0.25, 0.3) is 5.91 Å². The Morgan fingerprint density at radius 1 is 1.60 bits per heavy atom. The first-order valence-electron chi connectivity index (χ1n) is 6.69. The van der Waals surface area contributed by atoms with Crippen molar-refractivity contribution in [1.82, 2.24) is 4.90 Å². The smallest absolute Gasteiger partial charge is 0.258 e. The molecule has 0 spiro atoms. The zero-order valence-electron chi connectivity index (χ0n) is 11.5. The highest BCUT2D eigenvalue weighted by molar-refractivity contribution is 5.98. The molecule has 1 fully saturated rings. The maximum absolute atomic E-state index is 12.6. The number of nitrogens with zero attached hydrogens (tertiary/aromatic N) is 1. The molecule has 0 aliphatic carbocycles. The number of amides is 1. The molecular formula is C14H20N2O4. The van der Waals surface area contributed by atoms with E-state index in [0.717, 1.165) is 0 Å². The zero-order chi connectivity index (χ0) is 14.5. The number of aliphatic hydroxyl groups is 1. The van der Waals surface area contributed by atoms with E-state index >= 15 is 0 Å². The normalized spacial score (nSPS) is 18.9. The van der Waals surface area contributed by atoms with Crippen LogP contribution in [0.25, 0.3) is 0 Å². The van der Waals surface area contributed by atoms with Crippen molar-refractivity contribution in [3.05, 3.63) is 23.8 Å². The summed E-state index contributed by atoms with van der Waals surface area (Å²) < 4.78 is 10.8. The summed E-state index contributed by atoms with van der Waals surface area (Å²) in [5, 5.41) is 9.35. The molecule has 6 nitrogen and oxygen atoms in total. The van der Waals surface area contributed by atoms with Crippen LogP contribution in [0.15, 0.2) is 18.2 Å². The number of rotatable bonds is 4. The number of aliphatic hydroxyl groups excluding tert-OH is 1. The van der Waals surface area contributed by atoms with Crippen molar-refractivity contribution in [1.29, 1.82) is 0 Å². The molecular weight excluding hydrogens is 260 g/mol. The first-order chi connectivity index (χ1) is 9.69. The van der Waals surface area contributed by atoms with Crippen LogP contribution in [0.2, 0.25) is 0 Å². The van der Waals surface area contributed by atoms with Gasteiger partial charge in [0, 0.05) is 6.54 Å². The summed E-state index contributed by atoms with van der Waals surface area (Å²) in [5.74, 6) is 0.214. The molecule has 1 amide bonds. The van der Waals surface area contributed by atoms with E-state index in [1.807, 2.05) is 6.92 Å². The third-order valence-electron chi connectivity index (χ3n) is 3.26. The molecule has 1 aromatic carbocycles. The zero-order valence-corrected chi connectivity index (χ0v) is 11.5. The maximum Gasteiger partial charge on any atom is 0.258 e. The molecule has 0 radical (unpaired) electrons. The average Bonchev–Trinajstić information content (AvgIpc) is 2.48. The standard InChI is InChI=1S/C14H20N2O4/c1-2-20-13-11(4-3-5-12(13)15)14(18)16-6-7-19-9-10(16)8-17/h3-5,10,17H,2,6-9,15H2,1H3. The van der Waals surface area contributed by atoms with E-state index in [4.69, 9.17) is 15.2 Å². The molecule has 1 unspecified atom stereocenters. The number of ether oxygens (including phenoxy) is 2. The highest BCUT2D eigenvalue weighted by Gasteiger charge is 2.29. The molecule has 1 aliphatic heterocycles. The lowest BCUT2D eigenvalue weighted by Crippen LogP contribution is -2.50. The van der Waals surface area contributed by atoms with Crippen molar-refractivity contribution < 1.29 is 19.4 Å². The maximum atomic E-state index is 12.6. The minimum Gasteiger partial charge on any atom is -0.491 e. The summed E-state index contributed by atoms with van der Waals surface area (Å²) in [4.78, 5) is 14.3. The summed E-state index contributed by atoms with van der Waals surface area (Å²) >= 11 is 0. The van der Waals surface area contributed by atoms with Gasteiger partial charge in [-0.15, -0.1) is 0 Å². The van der Waals surface area contributed by atoms with Crippen LogP contribution in [0.5, 0.6) is 5.75 Å². The fourth-order valence-corrected chi connectivity index (χ4v) is 2.26. The van der Waals surface area contributed by atoms with Gasteiger partial charge >= 0.3 is 0 Å². The predicted octanol–water partition coefficient (Wildman–Crippen LogP) is 0.501. The van der Waals surface area contributed by atoms with Crippen LogP contribution < -0.4 is 10.5 Å². The number of anilines is 1. The number of morpholine rings is 1. The largest absolute Gasteiger partial charge is 0.491 e. The van der Waals surface area contributed by atoms with Crippen LogP contribution in [-0.2, 0) is 4.74 Å². The van der Waals surface area contributed by atoms with Crippen LogP contribution in [0.1, 0.15) is 17.3 Å². The number of nitrogen functional groups attached to an aromatic ring is 1. The summed E-state index contributed by atoms with van der Waals surface area (Å²) in [6.07, 6.45) is 0. The summed E-state index contributed by atoms with van der Waals surface area (Å²) in [7, 11) is 0. The van der Waals surface area contributed by atoms with E-state index in [1.165, 1.54) is 0 Å². The molecule has 0 aromatic heterocycles. The molecule has 110 valence electrons. The number of hydrogen-bond donors (Lipinski definition) is 2.